The van der Waals surface area contributed by atoms with E-state index in [1.54, 1.807) is 0 Å². The van der Waals surface area contributed by atoms with Gasteiger partial charge in [-0.25, -0.2) is 0 Å². The van der Waals surface area contributed by atoms with Gasteiger partial charge in [0.2, 0.25) is 0 Å². The lowest BCUT2D eigenvalue weighted by Crippen LogP contribution is -2.30. The molecule has 0 unspecified atom stereocenters. The maximum atomic E-state index is 12.5. The standard InChI is InChI=1S/C20H20F3NO3S/c1-12-4-9-17(13(2)10-12)28-11-18(25)27-14(3)19(26)24-16-7-5-15(6-8-16)20(21,22)23/h4-10,14H,11H2,1-3H3,(H,24,26)/t14-/m1/s1. The van der Waals surface area contributed by atoms with Gasteiger partial charge in [-0.1, -0.05) is 17.7 Å². The van der Waals surface area contributed by atoms with Gasteiger partial charge in [-0.2, -0.15) is 13.2 Å². The molecule has 0 aromatic heterocycles. The predicted molar refractivity (Wildman–Crippen MR) is 102 cm³/mol. The van der Waals surface area contributed by atoms with Gasteiger partial charge in [0.25, 0.3) is 5.91 Å². The molecule has 4 nitrogen and oxygen atoms in total. The number of thioether (sulfide) groups is 1. The van der Waals surface area contributed by atoms with E-state index >= 15 is 0 Å². The summed E-state index contributed by atoms with van der Waals surface area (Å²) in [6, 6.07) is 9.90. The molecule has 0 bridgehead atoms. The molecular weight excluding hydrogens is 391 g/mol. The van der Waals surface area contributed by atoms with Crippen molar-refractivity contribution in [1.82, 2.24) is 0 Å². The first-order valence-electron chi connectivity index (χ1n) is 8.44. The van der Waals surface area contributed by atoms with Crippen molar-refractivity contribution in [3.05, 3.63) is 59.2 Å². The van der Waals surface area contributed by atoms with E-state index in [2.05, 4.69) is 5.32 Å². The van der Waals surface area contributed by atoms with Crippen LogP contribution < -0.4 is 5.32 Å². The minimum atomic E-state index is -4.45. The molecule has 0 aliphatic carbocycles. The topological polar surface area (TPSA) is 55.4 Å². The summed E-state index contributed by atoms with van der Waals surface area (Å²) in [5.41, 5.74) is 1.54. The van der Waals surface area contributed by atoms with Crippen molar-refractivity contribution in [1.29, 1.82) is 0 Å². The Kier molecular flexibility index (Phi) is 7.12. The lowest BCUT2D eigenvalue weighted by Gasteiger charge is -2.14. The Hall–Kier alpha value is -2.48. The Morgan fingerprint density at radius 3 is 2.32 bits per heavy atom. The largest absolute Gasteiger partial charge is 0.452 e. The number of rotatable bonds is 6. The van der Waals surface area contributed by atoms with E-state index in [4.69, 9.17) is 4.74 Å². The number of amides is 1. The fourth-order valence-electron chi connectivity index (χ4n) is 2.37. The fourth-order valence-corrected chi connectivity index (χ4v) is 3.16. The molecule has 1 atom stereocenters. The van der Waals surface area contributed by atoms with Gasteiger partial charge in [0, 0.05) is 10.6 Å². The first-order chi connectivity index (χ1) is 13.1. The molecule has 0 aliphatic rings. The highest BCUT2D eigenvalue weighted by atomic mass is 32.2. The van der Waals surface area contributed by atoms with Crippen LogP contribution in [-0.2, 0) is 20.5 Å². The van der Waals surface area contributed by atoms with Crippen molar-refractivity contribution in [2.45, 2.75) is 37.9 Å². The SMILES string of the molecule is Cc1ccc(SCC(=O)O[C@H](C)C(=O)Nc2ccc(C(F)(F)F)cc2)c(C)c1. The quantitative estimate of drug-likeness (QED) is 0.538. The molecule has 8 heteroatoms. The molecular formula is C20H20F3NO3S. The molecule has 0 saturated carbocycles. The molecule has 1 amide bonds. The van der Waals surface area contributed by atoms with Gasteiger partial charge < -0.3 is 10.1 Å². The third-order valence-corrected chi connectivity index (χ3v) is 4.98. The maximum absolute atomic E-state index is 12.5. The lowest BCUT2D eigenvalue weighted by molar-refractivity contribution is -0.150. The molecule has 0 radical (unpaired) electrons. The molecule has 0 spiro atoms. The monoisotopic (exact) mass is 411 g/mol. The summed E-state index contributed by atoms with van der Waals surface area (Å²) < 4.78 is 42.7. The minimum Gasteiger partial charge on any atom is -0.452 e. The average molecular weight is 411 g/mol. The van der Waals surface area contributed by atoms with Crippen LogP contribution in [0.2, 0.25) is 0 Å². The van der Waals surface area contributed by atoms with Crippen LogP contribution in [0.3, 0.4) is 0 Å². The third-order valence-electron chi connectivity index (χ3n) is 3.83. The number of nitrogens with one attached hydrogen (secondary N) is 1. The van der Waals surface area contributed by atoms with Gasteiger partial charge in [0.15, 0.2) is 6.10 Å². The van der Waals surface area contributed by atoms with E-state index in [1.165, 1.54) is 18.7 Å². The van der Waals surface area contributed by atoms with E-state index in [1.807, 2.05) is 32.0 Å². The zero-order chi connectivity index (χ0) is 20.9. The summed E-state index contributed by atoms with van der Waals surface area (Å²) in [6.45, 7) is 5.33. The van der Waals surface area contributed by atoms with E-state index in [0.29, 0.717) is 0 Å². The molecule has 0 fully saturated rings. The zero-order valence-electron chi connectivity index (χ0n) is 15.6. The van der Waals surface area contributed by atoms with Crippen molar-refractivity contribution in [3.8, 4) is 0 Å². The minimum absolute atomic E-state index is 0.0435. The molecule has 0 saturated heterocycles. The number of anilines is 1. The fraction of sp³-hybridized carbons (Fsp3) is 0.300. The van der Waals surface area contributed by atoms with E-state index < -0.39 is 29.7 Å². The second kappa shape index (κ2) is 9.14. The maximum Gasteiger partial charge on any atom is 0.416 e. The second-order valence-corrected chi connectivity index (χ2v) is 7.27. The molecule has 1 N–H and O–H groups in total. The number of halogens is 3. The van der Waals surface area contributed by atoms with Crippen molar-refractivity contribution in [2.75, 3.05) is 11.1 Å². The first kappa shape index (κ1) is 21.8. The smallest absolute Gasteiger partial charge is 0.416 e. The Labute approximate surface area is 165 Å². The van der Waals surface area contributed by atoms with Crippen LogP contribution in [0.5, 0.6) is 0 Å². The van der Waals surface area contributed by atoms with E-state index in [-0.39, 0.29) is 11.4 Å². The zero-order valence-corrected chi connectivity index (χ0v) is 16.4. The average Bonchev–Trinajstić information content (AvgIpc) is 2.60. The van der Waals surface area contributed by atoms with Gasteiger partial charge >= 0.3 is 12.1 Å². The summed E-state index contributed by atoms with van der Waals surface area (Å²) in [6.07, 6.45) is -5.52. The normalized spacial score (nSPS) is 12.4. The highest BCUT2D eigenvalue weighted by Gasteiger charge is 2.30. The summed E-state index contributed by atoms with van der Waals surface area (Å²) >= 11 is 1.31. The first-order valence-corrected chi connectivity index (χ1v) is 9.42. The van der Waals surface area contributed by atoms with Crippen LogP contribution in [-0.4, -0.2) is 23.7 Å². The Morgan fingerprint density at radius 1 is 1.11 bits per heavy atom. The van der Waals surface area contributed by atoms with Crippen LogP contribution in [0, 0.1) is 13.8 Å². The van der Waals surface area contributed by atoms with Gasteiger partial charge in [-0.15, -0.1) is 11.8 Å². The third kappa shape index (κ3) is 6.30. The Balaban J connectivity index is 1.85. The summed E-state index contributed by atoms with van der Waals surface area (Å²) in [5, 5.41) is 2.42. The molecule has 28 heavy (non-hydrogen) atoms. The highest BCUT2D eigenvalue weighted by Crippen LogP contribution is 2.30. The number of aryl methyl sites for hydroxylation is 2. The van der Waals surface area contributed by atoms with E-state index in [0.717, 1.165) is 40.3 Å². The van der Waals surface area contributed by atoms with Crippen molar-refractivity contribution >= 4 is 29.3 Å². The number of carbonyl (C=O) groups is 2. The molecule has 150 valence electrons. The van der Waals surface area contributed by atoms with Crippen LogP contribution in [0.25, 0.3) is 0 Å². The molecule has 2 aromatic carbocycles. The lowest BCUT2D eigenvalue weighted by atomic mass is 10.2. The summed E-state index contributed by atoms with van der Waals surface area (Å²) in [7, 11) is 0. The van der Waals surface area contributed by atoms with Gasteiger partial charge in [0.05, 0.1) is 11.3 Å². The van der Waals surface area contributed by atoms with Gasteiger partial charge in [0.1, 0.15) is 0 Å². The number of benzene rings is 2. The second-order valence-electron chi connectivity index (χ2n) is 6.25. The number of hydrogen-bond donors (Lipinski definition) is 1. The molecule has 2 rings (SSSR count). The van der Waals surface area contributed by atoms with E-state index in [9.17, 15) is 22.8 Å². The Morgan fingerprint density at radius 2 is 1.75 bits per heavy atom. The predicted octanol–water partition coefficient (Wildman–Crippen LogP) is 4.98. The summed E-state index contributed by atoms with van der Waals surface area (Å²) in [4.78, 5) is 25.0. The number of hydrogen-bond acceptors (Lipinski definition) is 4. The van der Waals surface area contributed by atoms with Crippen LogP contribution in [0.1, 0.15) is 23.6 Å². The summed E-state index contributed by atoms with van der Waals surface area (Å²) in [5.74, 6) is -1.13. The van der Waals surface area contributed by atoms with Gasteiger partial charge in [-0.3, -0.25) is 9.59 Å². The highest BCUT2D eigenvalue weighted by molar-refractivity contribution is 8.00. The number of ether oxygens (including phenoxy) is 1. The van der Waals surface area contributed by atoms with Crippen LogP contribution in [0.15, 0.2) is 47.4 Å². The van der Waals surface area contributed by atoms with Gasteiger partial charge in [-0.05, 0) is 56.7 Å². The molecule has 0 heterocycles. The van der Waals surface area contributed by atoms with Crippen LogP contribution in [0.4, 0.5) is 18.9 Å². The molecule has 2 aromatic rings. The van der Waals surface area contributed by atoms with Crippen molar-refractivity contribution in [3.63, 3.8) is 0 Å². The Bertz CT molecular complexity index is 851. The molecule has 0 aliphatic heterocycles. The number of alkyl halides is 3. The number of carbonyl (C=O) groups excluding carboxylic acids is 2. The van der Waals surface area contributed by atoms with Crippen molar-refractivity contribution in [2.24, 2.45) is 0 Å². The number of esters is 1. The van der Waals surface area contributed by atoms with Crippen molar-refractivity contribution < 1.29 is 27.5 Å². The van der Waals surface area contributed by atoms with Crippen LogP contribution >= 0.6 is 11.8 Å².